The molecule has 0 saturated heterocycles. The van der Waals surface area contributed by atoms with Gasteiger partial charge in [-0.15, -0.1) is 0 Å². The van der Waals surface area contributed by atoms with Crippen molar-refractivity contribution in [2.24, 2.45) is 0 Å². The molecule has 0 aliphatic rings. The maximum Gasteiger partial charge on any atom is 0.339 e. The van der Waals surface area contributed by atoms with Crippen LogP contribution in [0, 0.1) is 12.7 Å². The Kier molecular flexibility index (Phi) is 7.01. The molecular weight excluding hydrogens is 383 g/mol. The van der Waals surface area contributed by atoms with Crippen LogP contribution in [0.2, 0.25) is 0 Å². The number of nitrogens with zero attached hydrogens (tertiary/aromatic N) is 1. The van der Waals surface area contributed by atoms with E-state index in [2.05, 4.69) is 5.32 Å². The van der Waals surface area contributed by atoms with Gasteiger partial charge in [0.25, 0.3) is 0 Å². The van der Waals surface area contributed by atoms with E-state index in [0.29, 0.717) is 24.3 Å². The van der Waals surface area contributed by atoms with Crippen LogP contribution in [0.3, 0.4) is 0 Å². The van der Waals surface area contributed by atoms with Gasteiger partial charge in [-0.1, -0.05) is 30.3 Å². The van der Waals surface area contributed by atoms with Crippen molar-refractivity contribution in [2.45, 2.75) is 33.4 Å². The minimum Gasteiger partial charge on any atom is -0.462 e. The Labute approximate surface area is 175 Å². The number of esters is 1. The van der Waals surface area contributed by atoms with Crippen LogP contribution in [0.25, 0.3) is 11.3 Å². The van der Waals surface area contributed by atoms with Crippen LogP contribution in [0.15, 0.2) is 60.7 Å². The third kappa shape index (κ3) is 5.14. The zero-order chi connectivity index (χ0) is 21.5. The SMILES string of the molecule is CCOC(=O)c1cc(-c2ccc(F)cc2)n(CCC(=O)NCc2ccccc2)c1C. The molecule has 1 heterocycles. The Morgan fingerprint density at radius 2 is 1.77 bits per heavy atom. The van der Waals surface area contributed by atoms with Crippen molar-refractivity contribution in [1.29, 1.82) is 0 Å². The maximum absolute atomic E-state index is 13.4. The number of hydrogen-bond acceptors (Lipinski definition) is 3. The van der Waals surface area contributed by atoms with Crippen molar-refractivity contribution < 1.29 is 18.7 Å². The Bertz CT molecular complexity index is 1010. The number of halogens is 1. The molecule has 3 aromatic rings. The first-order chi connectivity index (χ1) is 14.5. The Morgan fingerprint density at radius 1 is 1.07 bits per heavy atom. The first-order valence-electron chi connectivity index (χ1n) is 9.93. The van der Waals surface area contributed by atoms with E-state index >= 15 is 0 Å². The van der Waals surface area contributed by atoms with E-state index in [4.69, 9.17) is 4.74 Å². The molecule has 1 aromatic heterocycles. The summed E-state index contributed by atoms with van der Waals surface area (Å²) in [6.45, 7) is 4.70. The quantitative estimate of drug-likeness (QED) is 0.559. The van der Waals surface area contributed by atoms with E-state index in [0.717, 1.165) is 16.8 Å². The second kappa shape index (κ2) is 9.87. The van der Waals surface area contributed by atoms with Gasteiger partial charge < -0.3 is 14.6 Å². The number of amides is 1. The number of ether oxygens (including phenoxy) is 1. The lowest BCUT2D eigenvalue weighted by Gasteiger charge is -2.12. The average molecular weight is 408 g/mol. The van der Waals surface area contributed by atoms with Crippen molar-refractivity contribution in [3.05, 3.63) is 83.3 Å². The summed E-state index contributed by atoms with van der Waals surface area (Å²) in [6, 6.07) is 17.5. The molecule has 0 bridgehead atoms. The van der Waals surface area contributed by atoms with Crippen molar-refractivity contribution >= 4 is 11.9 Å². The monoisotopic (exact) mass is 408 g/mol. The van der Waals surface area contributed by atoms with Crippen LogP contribution in [0.4, 0.5) is 4.39 Å². The fraction of sp³-hybridized carbons (Fsp3) is 0.250. The largest absolute Gasteiger partial charge is 0.462 e. The molecule has 1 amide bonds. The molecule has 0 saturated carbocycles. The molecular formula is C24H25FN2O3. The number of nitrogens with one attached hydrogen (secondary N) is 1. The third-order valence-corrected chi connectivity index (χ3v) is 4.90. The van der Waals surface area contributed by atoms with E-state index < -0.39 is 5.97 Å². The summed E-state index contributed by atoms with van der Waals surface area (Å²) >= 11 is 0. The van der Waals surface area contributed by atoms with Crippen LogP contribution in [0.1, 0.15) is 35.0 Å². The summed E-state index contributed by atoms with van der Waals surface area (Å²) in [7, 11) is 0. The fourth-order valence-electron chi connectivity index (χ4n) is 3.31. The van der Waals surface area contributed by atoms with Crippen LogP contribution in [0.5, 0.6) is 0 Å². The molecule has 30 heavy (non-hydrogen) atoms. The van der Waals surface area contributed by atoms with Gasteiger partial charge >= 0.3 is 5.97 Å². The van der Waals surface area contributed by atoms with Gasteiger partial charge in [-0.25, -0.2) is 9.18 Å². The van der Waals surface area contributed by atoms with Crippen molar-refractivity contribution in [1.82, 2.24) is 9.88 Å². The smallest absolute Gasteiger partial charge is 0.339 e. The Hall–Kier alpha value is -3.41. The highest BCUT2D eigenvalue weighted by atomic mass is 19.1. The van der Waals surface area contributed by atoms with Gasteiger partial charge in [0.1, 0.15) is 5.82 Å². The standard InChI is InChI=1S/C24H25FN2O3/c1-3-30-24(29)21-15-22(19-9-11-20(25)12-10-19)27(17(21)2)14-13-23(28)26-16-18-7-5-4-6-8-18/h4-12,15H,3,13-14,16H2,1-2H3,(H,26,28). The molecule has 1 N–H and O–H groups in total. The van der Waals surface area contributed by atoms with Gasteiger partial charge in [-0.05, 0) is 55.3 Å². The highest BCUT2D eigenvalue weighted by Gasteiger charge is 2.20. The van der Waals surface area contributed by atoms with Crippen molar-refractivity contribution in [3.63, 3.8) is 0 Å². The predicted molar refractivity (Wildman–Crippen MR) is 113 cm³/mol. The number of rotatable bonds is 8. The van der Waals surface area contributed by atoms with Gasteiger partial charge in [0.05, 0.1) is 12.2 Å². The first-order valence-corrected chi connectivity index (χ1v) is 9.93. The number of carbonyl (C=O) groups is 2. The van der Waals surface area contributed by atoms with E-state index in [1.54, 1.807) is 25.1 Å². The van der Waals surface area contributed by atoms with Crippen LogP contribution < -0.4 is 5.32 Å². The Balaban J connectivity index is 1.78. The molecule has 0 spiro atoms. The molecule has 0 atom stereocenters. The molecule has 2 aromatic carbocycles. The van der Waals surface area contributed by atoms with E-state index in [9.17, 15) is 14.0 Å². The number of aromatic nitrogens is 1. The normalized spacial score (nSPS) is 10.6. The second-order valence-electron chi connectivity index (χ2n) is 6.92. The summed E-state index contributed by atoms with van der Waals surface area (Å²) < 4.78 is 20.4. The molecule has 3 rings (SSSR count). The summed E-state index contributed by atoms with van der Waals surface area (Å²) in [4.78, 5) is 24.7. The van der Waals surface area contributed by atoms with Gasteiger partial charge in [0, 0.05) is 30.9 Å². The molecule has 0 radical (unpaired) electrons. The van der Waals surface area contributed by atoms with Crippen LogP contribution in [-0.2, 0) is 22.6 Å². The lowest BCUT2D eigenvalue weighted by Crippen LogP contribution is -2.24. The zero-order valence-electron chi connectivity index (χ0n) is 17.2. The number of carbonyl (C=O) groups excluding carboxylic acids is 2. The lowest BCUT2D eigenvalue weighted by molar-refractivity contribution is -0.121. The van der Waals surface area contributed by atoms with Crippen LogP contribution >= 0.6 is 0 Å². The van der Waals surface area contributed by atoms with E-state index in [1.807, 2.05) is 41.8 Å². The third-order valence-electron chi connectivity index (χ3n) is 4.90. The molecule has 0 fully saturated rings. The molecule has 6 heteroatoms. The van der Waals surface area contributed by atoms with Crippen molar-refractivity contribution in [2.75, 3.05) is 6.61 Å². The van der Waals surface area contributed by atoms with Gasteiger partial charge in [0.2, 0.25) is 5.91 Å². The summed E-state index contributed by atoms with van der Waals surface area (Å²) in [5, 5.41) is 2.91. The molecule has 0 aliphatic heterocycles. The number of benzene rings is 2. The molecule has 5 nitrogen and oxygen atoms in total. The Morgan fingerprint density at radius 3 is 2.43 bits per heavy atom. The first kappa shape index (κ1) is 21.3. The van der Waals surface area contributed by atoms with Gasteiger partial charge in [0.15, 0.2) is 0 Å². The topological polar surface area (TPSA) is 60.3 Å². The summed E-state index contributed by atoms with van der Waals surface area (Å²) in [5.41, 5.74) is 3.69. The molecule has 0 aliphatic carbocycles. The minimum absolute atomic E-state index is 0.0882. The molecule has 0 unspecified atom stereocenters. The molecule has 156 valence electrons. The highest BCUT2D eigenvalue weighted by Crippen LogP contribution is 2.27. The second-order valence-corrected chi connectivity index (χ2v) is 6.92. The average Bonchev–Trinajstić information content (AvgIpc) is 3.08. The zero-order valence-corrected chi connectivity index (χ0v) is 17.2. The fourth-order valence-corrected chi connectivity index (χ4v) is 3.31. The summed E-state index contributed by atoms with van der Waals surface area (Å²) in [5.74, 6) is -0.834. The summed E-state index contributed by atoms with van der Waals surface area (Å²) in [6.07, 6.45) is 0.249. The van der Waals surface area contributed by atoms with Crippen LogP contribution in [-0.4, -0.2) is 23.1 Å². The van der Waals surface area contributed by atoms with E-state index in [-0.39, 0.29) is 24.8 Å². The highest BCUT2D eigenvalue weighted by molar-refractivity contribution is 5.92. The minimum atomic E-state index is -0.411. The van der Waals surface area contributed by atoms with Gasteiger partial charge in [-0.3, -0.25) is 4.79 Å². The lowest BCUT2D eigenvalue weighted by atomic mass is 10.1. The number of hydrogen-bond donors (Lipinski definition) is 1. The maximum atomic E-state index is 13.4. The van der Waals surface area contributed by atoms with Gasteiger partial charge in [-0.2, -0.15) is 0 Å². The van der Waals surface area contributed by atoms with Crippen molar-refractivity contribution in [3.8, 4) is 11.3 Å². The predicted octanol–water partition coefficient (Wildman–Crippen LogP) is 4.49. The van der Waals surface area contributed by atoms with E-state index in [1.165, 1.54) is 12.1 Å².